The molecule has 0 aromatic heterocycles. The first-order chi connectivity index (χ1) is 6.56. The van der Waals surface area contributed by atoms with Crippen molar-refractivity contribution in [2.24, 2.45) is 23.2 Å². The molecule has 0 aromatic carbocycles. The van der Waals surface area contributed by atoms with E-state index in [1.807, 2.05) is 6.92 Å². The summed E-state index contributed by atoms with van der Waals surface area (Å²) in [5.41, 5.74) is -0.532. The van der Waals surface area contributed by atoms with E-state index in [9.17, 15) is 10.4 Å². The van der Waals surface area contributed by atoms with Gasteiger partial charge in [0.2, 0.25) is 0 Å². The fourth-order valence-corrected chi connectivity index (χ4v) is 4.34. The van der Waals surface area contributed by atoms with Crippen LogP contribution in [0.5, 0.6) is 0 Å². The lowest BCUT2D eigenvalue weighted by Gasteiger charge is -2.60. The number of aliphatic hydroxyl groups is 1. The molecule has 76 valence electrons. The molecule has 0 saturated heterocycles. The van der Waals surface area contributed by atoms with Gasteiger partial charge < -0.3 is 5.11 Å². The molecule has 0 spiro atoms. The predicted octanol–water partition coefficient (Wildman–Crippen LogP) is 2.09. The second-order valence-electron chi connectivity index (χ2n) is 5.96. The Morgan fingerprint density at radius 1 is 1.21 bits per heavy atom. The molecule has 4 fully saturated rings. The topological polar surface area (TPSA) is 44.0 Å². The number of hydrogen-bond acceptors (Lipinski definition) is 2. The maximum Gasteiger partial charge on any atom is 0.0690 e. The molecule has 3 unspecified atom stereocenters. The molecule has 0 aromatic rings. The van der Waals surface area contributed by atoms with Crippen molar-refractivity contribution in [1.29, 1.82) is 5.26 Å². The van der Waals surface area contributed by atoms with E-state index in [1.165, 1.54) is 0 Å². The van der Waals surface area contributed by atoms with Crippen molar-refractivity contribution < 1.29 is 5.11 Å². The lowest BCUT2D eigenvalue weighted by atomic mass is 9.45. The average molecular weight is 191 g/mol. The summed E-state index contributed by atoms with van der Waals surface area (Å²) < 4.78 is 0. The van der Waals surface area contributed by atoms with Crippen LogP contribution in [0, 0.1) is 34.5 Å². The van der Waals surface area contributed by atoms with Crippen molar-refractivity contribution >= 4 is 0 Å². The van der Waals surface area contributed by atoms with Crippen LogP contribution in [-0.2, 0) is 0 Å². The Morgan fingerprint density at radius 3 is 2.29 bits per heavy atom. The Hall–Kier alpha value is -0.550. The van der Waals surface area contributed by atoms with Gasteiger partial charge in [-0.05, 0) is 56.8 Å². The van der Waals surface area contributed by atoms with E-state index in [0.717, 1.165) is 38.0 Å². The Bertz CT molecular complexity index is 297. The molecule has 0 aliphatic heterocycles. The quantitative estimate of drug-likeness (QED) is 0.637. The molecule has 4 aliphatic carbocycles. The highest BCUT2D eigenvalue weighted by atomic mass is 16.3. The standard InChI is InChI=1S/C12H17NO/c1-11(14)9-2-8-3-10(11)6-12(4-8,5-9)7-13/h8-10,14H,2-6H2,1H3/t8?,9-,10+,11?,12?. The maximum absolute atomic E-state index is 10.4. The van der Waals surface area contributed by atoms with E-state index < -0.39 is 5.60 Å². The largest absolute Gasteiger partial charge is 0.390 e. The van der Waals surface area contributed by atoms with E-state index in [0.29, 0.717) is 11.8 Å². The highest BCUT2D eigenvalue weighted by Crippen LogP contribution is 2.63. The van der Waals surface area contributed by atoms with Crippen LogP contribution < -0.4 is 0 Å². The van der Waals surface area contributed by atoms with E-state index >= 15 is 0 Å². The first-order valence-corrected chi connectivity index (χ1v) is 5.69. The zero-order valence-electron chi connectivity index (χ0n) is 8.66. The lowest BCUT2D eigenvalue weighted by Crippen LogP contribution is -2.59. The molecule has 0 heterocycles. The molecule has 2 nitrogen and oxygen atoms in total. The summed E-state index contributed by atoms with van der Waals surface area (Å²) >= 11 is 0. The van der Waals surface area contributed by atoms with Gasteiger partial charge in [0.25, 0.3) is 0 Å². The SMILES string of the molecule is CC1(O)[C@@H]2CC3C[C@H]1CC(C#N)(C3)C2. The van der Waals surface area contributed by atoms with E-state index in [2.05, 4.69) is 6.07 Å². The molecular weight excluding hydrogens is 174 g/mol. The summed E-state index contributed by atoms with van der Waals surface area (Å²) in [6, 6.07) is 2.54. The van der Waals surface area contributed by atoms with Crippen LogP contribution in [0.4, 0.5) is 0 Å². The number of rotatable bonds is 0. The second-order valence-corrected chi connectivity index (χ2v) is 5.96. The lowest BCUT2D eigenvalue weighted by molar-refractivity contribution is -0.177. The minimum absolute atomic E-state index is 0.0568. The number of hydrogen-bond donors (Lipinski definition) is 1. The van der Waals surface area contributed by atoms with Gasteiger partial charge in [0.15, 0.2) is 0 Å². The van der Waals surface area contributed by atoms with Crippen molar-refractivity contribution in [1.82, 2.24) is 0 Å². The Labute approximate surface area is 84.9 Å². The summed E-state index contributed by atoms with van der Waals surface area (Å²) in [6.45, 7) is 1.99. The zero-order valence-corrected chi connectivity index (χ0v) is 8.66. The highest BCUT2D eigenvalue weighted by molar-refractivity contribution is 5.16. The van der Waals surface area contributed by atoms with Gasteiger partial charge >= 0.3 is 0 Å². The van der Waals surface area contributed by atoms with Crippen molar-refractivity contribution in [2.75, 3.05) is 0 Å². The third-order valence-corrected chi connectivity index (χ3v) is 5.08. The van der Waals surface area contributed by atoms with Gasteiger partial charge in [-0.2, -0.15) is 5.26 Å². The molecule has 5 atom stereocenters. The minimum atomic E-state index is -0.475. The number of nitrogens with zero attached hydrogens (tertiary/aromatic N) is 1. The smallest absolute Gasteiger partial charge is 0.0690 e. The molecule has 14 heavy (non-hydrogen) atoms. The molecule has 0 amide bonds. The third kappa shape index (κ3) is 0.892. The summed E-state index contributed by atoms with van der Waals surface area (Å²) in [4.78, 5) is 0. The van der Waals surface area contributed by atoms with Gasteiger partial charge in [0.05, 0.1) is 17.1 Å². The fraction of sp³-hybridized carbons (Fsp3) is 0.917. The van der Waals surface area contributed by atoms with Crippen LogP contribution in [0.2, 0.25) is 0 Å². The van der Waals surface area contributed by atoms with E-state index in [4.69, 9.17) is 0 Å². The van der Waals surface area contributed by atoms with Crippen molar-refractivity contribution in [2.45, 2.75) is 44.6 Å². The van der Waals surface area contributed by atoms with Gasteiger partial charge in [0.1, 0.15) is 0 Å². The van der Waals surface area contributed by atoms with Crippen LogP contribution in [0.3, 0.4) is 0 Å². The van der Waals surface area contributed by atoms with Crippen LogP contribution >= 0.6 is 0 Å². The molecule has 4 bridgehead atoms. The van der Waals surface area contributed by atoms with E-state index in [-0.39, 0.29) is 5.41 Å². The Kier molecular flexibility index (Phi) is 1.46. The summed E-state index contributed by atoms with van der Waals surface area (Å²) in [7, 11) is 0. The summed E-state index contributed by atoms with van der Waals surface area (Å²) in [5, 5.41) is 19.7. The first-order valence-electron chi connectivity index (χ1n) is 5.69. The van der Waals surface area contributed by atoms with Crippen LogP contribution in [0.25, 0.3) is 0 Å². The van der Waals surface area contributed by atoms with Crippen molar-refractivity contribution in [3.8, 4) is 6.07 Å². The zero-order chi connectivity index (χ0) is 9.97. The normalized spacial score (nSPS) is 59.9. The van der Waals surface area contributed by atoms with Crippen LogP contribution in [-0.4, -0.2) is 10.7 Å². The molecule has 4 aliphatic rings. The molecular formula is C12H17NO. The minimum Gasteiger partial charge on any atom is -0.390 e. The predicted molar refractivity (Wildman–Crippen MR) is 52.2 cm³/mol. The monoisotopic (exact) mass is 191 g/mol. The molecule has 2 heteroatoms. The van der Waals surface area contributed by atoms with Crippen molar-refractivity contribution in [3.63, 3.8) is 0 Å². The molecule has 4 saturated carbocycles. The Morgan fingerprint density at radius 2 is 1.79 bits per heavy atom. The van der Waals surface area contributed by atoms with Gasteiger partial charge in [-0.25, -0.2) is 0 Å². The average Bonchev–Trinajstić information content (AvgIpc) is 2.14. The van der Waals surface area contributed by atoms with Gasteiger partial charge in [-0.15, -0.1) is 0 Å². The highest BCUT2D eigenvalue weighted by Gasteiger charge is 2.60. The summed E-state index contributed by atoms with van der Waals surface area (Å²) in [6.07, 6.45) is 5.32. The van der Waals surface area contributed by atoms with E-state index in [1.54, 1.807) is 0 Å². The molecule has 4 rings (SSSR count). The number of nitriles is 1. The fourth-order valence-electron chi connectivity index (χ4n) is 4.34. The second kappa shape index (κ2) is 2.33. The molecule has 1 N–H and O–H groups in total. The van der Waals surface area contributed by atoms with Gasteiger partial charge in [-0.1, -0.05) is 0 Å². The van der Waals surface area contributed by atoms with Gasteiger partial charge in [-0.3, -0.25) is 0 Å². The van der Waals surface area contributed by atoms with Crippen LogP contribution in [0.15, 0.2) is 0 Å². The van der Waals surface area contributed by atoms with Crippen molar-refractivity contribution in [3.05, 3.63) is 0 Å². The van der Waals surface area contributed by atoms with Crippen LogP contribution in [0.1, 0.15) is 39.0 Å². The van der Waals surface area contributed by atoms with Gasteiger partial charge in [0, 0.05) is 0 Å². The molecule has 0 radical (unpaired) electrons. The first kappa shape index (κ1) is 8.73. The third-order valence-electron chi connectivity index (χ3n) is 5.08. The summed E-state index contributed by atoms with van der Waals surface area (Å²) in [5.74, 6) is 1.52. The maximum atomic E-state index is 10.4. The Balaban J connectivity index is 2.01.